The highest BCUT2D eigenvalue weighted by molar-refractivity contribution is 5.95. The number of nitrogens with zero attached hydrogens (tertiary/aromatic N) is 3. The molecule has 9 nitrogen and oxygen atoms in total. The van der Waals surface area contributed by atoms with Gasteiger partial charge in [-0.15, -0.1) is 0 Å². The Morgan fingerprint density at radius 2 is 2.18 bits per heavy atom. The number of carbonyl (C=O) groups is 2. The number of hydrogen-bond acceptors (Lipinski definition) is 6. The van der Waals surface area contributed by atoms with Crippen LogP contribution in [0.4, 0.5) is 10.5 Å². The van der Waals surface area contributed by atoms with Gasteiger partial charge in [-0.25, -0.2) is 4.79 Å². The molecular weight excluding hydrogens is 362 g/mol. The van der Waals surface area contributed by atoms with Crippen LogP contribution < -0.4 is 10.6 Å². The van der Waals surface area contributed by atoms with Crippen molar-refractivity contribution >= 4 is 17.7 Å². The molecule has 1 atom stereocenters. The van der Waals surface area contributed by atoms with Gasteiger partial charge in [-0.3, -0.25) is 14.8 Å². The Labute approximate surface area is 159 Å². The lowest BCUT2D eigenvalue weighted by molar-refractivity contribution is -0.124. The summed E-state index contributed by atoms with van der Waals surface area (Å²) in [6.45, 7) is 0.121. The Kier molecular flexibility index (Phi) is 3.68. The molecule has 1 aromatic carbocycles. The predicted octanol–water partition coefficient (Wildman–Crippen LogP) is 2.03. The topological polar surface area (TPSA) is 127 Å². The molecule has 1 aliphatic heterocycles. The average Bonchev–Trinajstić information content (AvgIpc) is 3.39. The van der Waals surface area contributed by atoms with E-state index in [1.807, 2.05) is 18.2 Å². The van der Waals surface area contributed by atoms with Crippen LogP contribution >= 0.6 is 0 Å². The zero-order valence-corrected chi connectivity index (χ0v) is 14.8. The second kappa shape index (κ2) is 6.22. The van der Waals surface area contributed by atoms with Gasteiger partial charge in [-0.2, -0.15) is 5.10 Å². The lowest BCUT2D eigenvalue weighted by Gasteiger charge is -2.15. The van der Waals surface area contributed by atoms with E-state index in [2.05, 4.69) is 15.4 Å². The molecule has 2 aromatic heterocycles. The number of aromatic amines is 1. The number of amides is 2. The van der Waals surface area contributed by atoms with E-state index in [4.69, 9.17) is 15.0 Å². The van der Waals surface area contributed by atoms with Gasteiger partial charge in [-0.05, 0) is 37.0 Å². The van der Waals surface area contributed by atoms with Crippen LogP contribution in [0.1, 0.15) is 17.5 Å². The van der Waals surface area contributed by atoms with Crippen molar-refractivity contribution in [3.8, 4) is 22.7 Å². The maximum Gasteiger partial charge on any atom is 0.415 e. The molecule has 9 heteroatoms. The van der Waals surface area contributed by atoms with Gasteiger partial charge < -0.3 is 15.0 Å². The van der Waals surface area contributed by atoms with E-state index in [0.29, 0.717) is 11.4 Å². The fourth-order valence-corrected chi connectivity index (χ4v) is 3.84. The zero-order valence-electron chi connectivity index (χ0n) is 14.8. The molecule has 1 aliphatic carbocycles. The fourth-order valence-electron chi connectivity index (χ4n) is 3.84. The van der Waals surface area contributed by atoms with Crippen molar-refractivity contribution in [1.82, 2.24) is 15.4 Å². The number of anilines is 1. The SMILES string of the molecule is NC(=O)[C@H]1CN(c2ccc3c(c2)CCCc2c-3n[nH]c2-c2ccno2)C(=O)O1. The maximum absolute atomic E-state index is 12.1. The number of carbonyl (C=O) groups excluding carboxylic acids is 2. The van der Waals surface area contributed by atoms with Crippen LogP contribution in [0.3, 0.4) is 0 Å². The number of hydrogen-bond donors (Lipinski definition) is 2. The molecule has 0 spiro atoms. The number of ether oxygens (including phenoxy) is 1. The van der Waals surface area contributed by atoms with Gasteiger partial charge in [0.25, 0.3) is 5.91 Å². The third-order valence-electron chi connectivity index (χ3n) is 5.21. The number of aromatic nitrogens is 3. The highest BCUT2D eigenvalue weighted by Crippen LogP contribution is 2.38. The number of aryl methyl sites for hydroxylation is 1. The third-order valence-corrected chi connectivity index (χ3v) is 5.21. The number of benzene rings is 1. The van der Waals surface area contributed by atoms with Crippen molar-refractivity contribution in [3.05, 3.63) is 41.6 Å². The molecule has 2 aliphatic rings. The summed E-state index contributed by atoms with van der Waals surface area (Å²) < 4.78 is 10.3. The molecule has 5 rings (SSSR count). The summed E-state index contributed by atoms with van der Waals surface area (Å²) in [6, 6.07) is 7.54. The van der Waals surface area contributed by atoms with Crippen LogP contribution in [0.5, 0.6) is 0 Å². The zero-order chi connectivity index (χ0) is 19.3. The smallest absolute Gasteiger partial charge is 0.415 e. The van der Waals surface area contributed by atoms with Crippen LogP contribution in [0.2, 0.25) is 0 Å². The van der Waals surface area contributed by atoms with Gasteiger partial charge in [0.2, 0.25) is 0 Å². The summed E-state index contributed by atoms with van der Waals surface area (Å²) in [5.41, 5.74) is 10.9. The van der Waals surface area contributed by atoms with Crippen molar-refractivity contribution in [2.75, 3.05) is 11.4 Å². The molecule has 0 bridgehead atoms. The highest BCUT2D eigenvalue weighted by Gasteiger charge is 2.36. The van der Waals surface area contributed by atoms with Crippen molar-refractivity contribution in [2.45, 2.75) is 25.4 Å². The molecule has 1 saturated heterocycles. The number of nitrogens with one attached hydrogen (secondary N) is 1. The van der Waals surface area contributed by atoms with Gasteiger partial charge >= 0.3 is 6.09 Å². The first-order chi connectivity index (χ1) is 13.6. The summed E-state index contributed by atoms with van der Waals surface area (Å²) in [5.74, 6) is 0.0119. The summed E-state index contributed by atoms with van der Waals surface area (Å²) in [7, 11) is 0. The molecule has 3 heterocycles. The first kappa shape index (κ1) is 16.5. The molecular formula is C19H17N5O4. The molecule has 28 heavy (non-hydrogen) atoms. The van der Waals surface area contributed by atoms with Crippen LogP contribution in [0.25, 0.3) is 22.7 Å². The minimum atomic E-state index is -0.922. The van der Waals surface area contributed by atoms with Crippen LogP contribution in [-0.2, 0) is 22.4 Å². The Morgan fingerprint density at radius 1 is 1.29 bits per heavy atom. The lowest BCUT2D eigenvalue weighted by atomic mass is 10.0. The molecule has 1 fully saturated rings. The molecule has 2 amide bonds. The molecule has 3 aromatic rings. The maximum atomic E-state index is 12.1. The van der Waals surface area contributed by atoms with Crippen molar-refractivity contribution in [1.29, 1.82) is 0 Å². The van der Waals surface area contributed by atoms with Crippen molar-refractivity contribution in [3.63, 3.8) is 0 Å². The quantitative estimate of drug-likeness (QED) is 0.717. The van der Waals surface area contributed by atoms with Crippen LogP contribution in [0, 0.1) is 0 Å². The summed E-state index contributed by atoms with van der Waals surface area (Å²) in [5, 5.41) is 11.3. The van der Waals surface area contributed by atoms with Gasteiger partial charge in [0.1, 0.15) is 5.69 Å². The Morgan fingerprint density at radius 3 is 2.93 bits per heavy atom. The van der Waals surface area contributed by atoms with E-state index < -0.39 is 18.1 Å². The van der Waals surface area contributed by atoms with Crippen molar-refractivity contribution in [2.24, 2.45) is 5.73 Å². The second-order valence-corrected chi connectivity index (χ2v) is 6.88. The normalized spacial score (nSPS) is 18.4. The lowest BCUT2D eigenvalue weighted by Crippen LogP contribution is -2.32. The third kappa shape index (κ3) is 2.55. The number of nitrogens with two attached hydrogens (primary N) is 1. The summed E-state index contributed by atoms with van der Waals surface area (Å²) in [6.07, 6.45) is 2.74. The largest absolute Gasteiger partial charge is 0.434 e. The fraction of sp³-hybridized carbons (Fsp3) is 0.263. The molecule has 0 saturated carbocycles. The predicted molar refractivity (Wildman–Crippen MR) is 98.4 cm³/mol. The Balaban J connectivity index is 1.52. The number of primary amides is 1. The number of fused-ring (bicyclic) bond motifs is 3. The Bertz CT molecular complexity index is 1070. The van der Waals surface area contributed by atoms with E-state index in [9.17, 15) is 9.59 Å². The number of H-pyrrole nitrogens is 1. The minimum Gasteiger partial charge on any atom is -0.434 e. The van der Waals surface area contributed by atoms with E-state index in [1.54, 1.807) is 12.3 Å². The van der Waals surface area contributed by atoms with E-state index in [1.165, 1.54) is 4.90 Å². The average molecular weight is 379 g/mol. The first-order valence-electron chi connectivity index (χ1n) is 9.01. The molecule has 0 radical (unpaired) electrons. The number of cyclic esters (lactones) is 1. The summed E-state index contributed by atoms with van der Waals surface area (Å²) >= 11 is 0. The van der Waals surface area contributed by atoms with Gasteiger partial charge in [-0.1, -0.05) is 11.2 Å². The minimum absolute atomic E-state index is 0.121. The van der Waals surface area contributed by atoms with E-state index in [-0.39, 0.29) is 6.54 Å². The van der Waals surface area contributed by atoms with Crippen molar-refractivity contribution < 1.29 is 18.8 Å². The monoisotopic (exact) mass is 379 g/mol. The van der Waals surface area contributed by atoms with Crippen LogP contribution in [-0.4, -0.2) is 40.0 Å². The highest BCUT2D eigenvalue weighted by atomic mass is 16.6. The van der Waals surface area contributed by atoms with Gasteiger partial charge in [0.15, 0.2) is 11.9 Å². The number of rotatable bonds is 3. The van der Waals surface area contributed by atoms with E-state index in [0.717, 1.165) is 47.3 Å². The second-order valence-electron chi connectivity index (χ2n) is 6.88. The standard InChI is InChI=1S/C19H17N5O4/c20-18(25)15-9-24(19(26)27-15)11-4-5-12-10(8-11)2-1-3-13-16(12)22-23-17(13)14-6-7-21-28-14/h4-8,15H,1-3,9H2,(H2,20,25)(H,22,23)/t15-/m1/s1. The van der Waals surface area contributed by atoms with Crippen LogP contribution in [0.15, 0.2) is 35.0 Å². The molecule has 142 valence electrons. The summed E-state index contributed by atoms with van der Waals surface area (Å²) in [4.78, 5) is 24.9. The van der Waals surface area contributed by atoms with Gasteiger partial charge in [0.05, 0.1) is 18.4 Å². The van der Waals surface area contributed by atoms with E-state index >= 15 is 0 Å². The molecule has 3 N–H and O–H groups in total. The first-order valence-corrected chi connectivity index (χ1v) is 9.01. The van der Waals surface area contributed by atoms with Gasteiger partial charge in [0, 0.05) is 22.9 Å². The molecule has 0 unspecified atom stereocenters. The Hall–Kier alpha value is -3.62.